The fourth-order valence-corrected chi connectivity index (χ4v) is 4.23. The van der Waals surface area contributed by atoms with Crippen LogP contribution in [0.2, 0.25) is 5.02 Å². The Balaban J connectivity index is 2.21. The highest BCUT2D eigenvalue weighted by Gasteiger charge is 2.32. The van der Waals surface area contributed by atoms with E-state index in [1.807, 2.05) is 43.1 Å². The molecule has 0 aliphatic carbocycles. The number of hydrogen-bond acceptors (Lipinski definition) is 4. The van der Waals surface area contributed by atoms with Crippen molar-refractivity contribution in [2.45, 2.75) is 32.9 Å². The third kappa shape index (κ3) is 3.96. The van der Waals surface area contributed by atoms with Gasteiger partial charge in [-0.15, -0.1) is 0 Å². The fourth-order valence-electron chi connectivity index (χ4n) is 2.31. The van der Waals surface area contributed by atoms with E-state index in [0.29, 0.717) is 18.0 Å². The highest BCUT2D eigenvalue weighted by Crippen LogP contribution is 2.23. The summed E-state index contributed by atoms with van der Waals surface area (Å²) in [5, 5.41) is 7.03. The van der Waals surface area contributed by atoms with Crippen LogP contribution in [0.3, 0.4) is 0 Å². The summed E-state index contributed by atoms with van der Waals surface area (Å²) >= 11 is 6.17. The first-order chi connectivity index (χ1) is 9.37. The summed E-state index contributed by atoms with van der Waals surface area (Å²) in [5.41, 5.74) is 1.87. The van der Waals surface area contributed by atoms with E-state index in [0.717, 1.165) is 11.3 Å². The van der Waals surface area contributed by atoms with Crippen LogP contribution in [-0.2, 0) is 16.4 Å². The predicted octanol–water partition coefficient (Wildman–Crippen LogP) is 2.72. The van der Waals surface area contributed by atoms with Gasteiger partial charge in [0.2, 0.25) is 0 Å². The molecule has 0 saturated carbocycles. The number of hydrazone groups is 1. The van der Waals surface area contributed by atoms with Gasteiger partial charge in [-0.3, -0.25) is 5.01 Å². The number of benzene rings is 1. The van der Waals surface area contributed by atoms with Gasteiger partial charge in [-0.05, 0) is 31.9 Å². The lowest BCUT2D eigenvalue weighted by atomic mass is 10.2. The summed E-state index contributed by atoms with van der Waals surface area (Å²) in [7, 11) is -2.92. The number of nitrogens with zero attached hydrogens (tertiary/aromatic N) is 2. The summed E-state index contributed by atoms with van der Waals surface area (Å²) in [4.78, 5) is 0. The maximum absolute atomic E-state index is 11.6. The van der Waals surface area contributed by atoms with E-state index >= 15 is 0 Å². The van der Waals surface area contributed by atoms with Crippen LogP contribution in [0, 0.1) is 0 Å². The van der Waals surface area contributed by atoms with Crippen LogP contribution in [0.5, 0.6) is 0 Å². The molecular weight excluding hydrogens is 296 g/mol. The molecule has 0 aromatic heterocycles. The van der Waals surface area contributed by atoms with Crippen molar-refractivity contribution in [2.24, 2.45) is 5.10 Å². The Morgan fingerprint density at radius 2 is 2.10 bits per heavy atom. The summed E-state index contributed by atoms with van der Waals surface area (Å²) in [6.45, 7) is 4.34. The van der Waals surface area contributed by atoms with Gasteiger partial charge in [0.15, 0.2) is 9.84 Å². The first-order valence-corrected chi connectivity index (χ1v) is 8.79. The Labute approximate surface area is 125 Å². The Kier molecular flexibility index (Phi) is 4.70. The molecule has 0 amide bonds. The average molecular weight is 315 g/mol. The average Bonchev–Trinajstić information content (AvgIpc) is 2.71. The summed E-state index contributed by atoms with van der Waals surface area (Å²) in [6.07, 6.45) is 0.629. The zero-order valence-electron chi connectivity index (χ0n) is 11.7. The second kappa shape index (κ2) is 6.14. The second-order valence-electron chi connectivity index (χ2n) is 5.29. The molecule has 4 nitrogen and oxygen atoms in total. The molecule has 1 aliphatic rings. The zero-order chi connectivity index (χ0) is 14.8. The van der Waals surface area contributed by atoms with Crippen molar-refractivity contribution >= 4 is 27.1 Å². The van der Waals surface area contributed by atoms with Crippen LogP contribution in [0.1, 0.15) is 25.8 Å². The van der Waals surface area contributed by atoms with E-state index in [-0.39, 0.29) is 17.5 Å². The SMILES string of the molecule is CC(C)=NN(Cc1ccccc1Cl)[C@H]1CCS(=O)(=O)C1. The van der Waals surface area contributed by atoms with Crippen LogP contribution in [0.15, 0.2) is 29.4 Å². The van der Waals surface area contributed by atoms with Crippen molar-refractivity contribution in [3.63, 3.8) is 0 Å². The molecule has 1 heterocycles. The van der Waals surface area contributed by atoms with Gasteiger partial charge in [0.05, 0.1) is 24.1 Å². The van der Waals surface area contributed by atoms with E-state index in [1.165, 1.54) is 0 Å². The number of hydrogen-bond donors (Lipinski definition) is 0. The molecule has 0 bridgehead atoms. The summed E-state index contributed by atoms with van der Waals surface area (Å²) in [5.74, 6) is 0.420. The molecule has 6 heteroatoms. The summed E-state index contributed by atoms with van der Waals surface area (Å²) in [6, 6.07) is 7.52. The van der Waals surface area contributed by atoms with Gasteiger partial charge < -0.3 is 0 Å². The number of rotatable bonds is 4. The smallest absolute Gasteiger partial charge is 0.152 e. The van der Waals surface area contributed by atoms with Gasteiger partial charge in [-0.25, -0.2) is 8.42 Å². The molecule has 1 aromatic rings. The maximum atomic E-state index is 11.6. The van der Waals surface area contributed by atoms with Gasteiger partial charge in [0.1, 0.15) is 0 Å². The van der Waals surface area contributed by atoms with Gasteiger partial charge in [0, 0.05) is 10.7 Å². The Bertz CT molecular complexity index is 609. The second-order valence-corrected chi connectivity index (χ2v) is 7.93. The molecule has 0 N–H and O–H groups in total. The molecule has 1 saturated heterocycles. The van der Waals surface area contributed by atoms with Crippen molar-refractivity contribution in [1.29, 1.82) is 0 Å². The van der Waals surface area contributed by atoms with Gasteiger partial charge in [-0.2, -0.15) is 5.10 Å². The van der Waals surface area contributed by atoms with Gasteiger partial charge in [-0.1, -0.05) is 29.8 Å². The highest BCUT2D eigenvalue weighted by atomic mass is 35.5. The first kappa shape index (κ1) is 15.3. The van der Waals surface area contributed by atoms with Crippen LogP contribution < -0.4 is 0 Å². The molecule has 1 aliphatic heterocycles. The molecule has 0 unspecified atom stereocenters. The van der Waals surface area contributed by atoms with Gasteiger partial charge in [0.25, 0.3) is 0 Å². The van der Waals surface area contributed by atoms with Crippen molar-refractivity contribution in [2.75, 3.05) is 11.5 Å². The molecule has 2 rings (SSSR count). The van der Waals surface area contributed by atoms with Crippen LogP contribution >= 0.6 is 11.6 Å². The molecule has 110 valence electrons. The lowest BCUT2D eigenvalue weighted by Gasteiger charge is -2.26. The maximum Gasteiger partial charge on any atom is 0.152 e. The number of sulfone groups is 1. The fraction of sp³-hybridized carbons (Fsp3) is 0.500. The minimum absolute atomic E-state index is 0.0637. The lowest BCUT2D eigenvalue weighted by molar-refractivity contribution is 0.213. The molecule has 0 spiro atoms. The molecule has 1 fully saturated rings. The predicted molar refractivity (Wildman–Crippen MR) is 82.8 cm³/mol. The van der Waals surface area contributed by atoms with Crippen LogP contribution in [0.4, 0.5) is 0 Å². The van der Waals surface area contributed by atoms with Crippen molar-refractivity contribution < 1.29 is 8.42 Å². The highest BCUT2D eigenvalue weighted by molar-refractivity contribution is 7.91. The molecule has 1 atom stereocenters. The van der Waals surface area contributed by atoms with Crippen molar-refractivity contribution in [1.82, 2.24) is 5.01 Å². The lowest BCUT2D eigenvalue weighted by Crippen LogP contribution is -2.32. The first-order valence-electron chi connectivity index (χ1n) is 6.60. The topological polar surface area (TPSA) is 49.7 Å². The largest absolute Gasteiger partial charge is 0.289 e. The van der Waals surface area contributed by atoms with E-state index in [2.05, 4.69) is 5.10 Å². The normalized spacial score (nSPS) is 20.6. The molecule has 0 radical (unpaired) electrons. The van der Waals surface area contributed by atoms with Crippen LogP contribution in [0.25, 0.3) is 0 Å². The van der Waals surface area contributed by atoms with E-state index in [1.54, 1.807) is 0 Å². The quantitative estimate of drug-likeness (QED) is 0.634. The Hall–Kier alpha value is -1.07. The van der Waals surface area contributed by atoms with E-state index in [9.17, 15) is 8.42 Å². The molecule has 20 heavy (non-hydrogen) atoms. The van der Waals surface area contributed by atoms with Gasteiger partial charge >= 0.3 is 0 Å². The Morgan fingerprint density at radius 1 is 1.40 bits per heavy atom. The van der Waals surface area contributed by atoms with E-state index in [4.69, 9.17) is 11.6 Å². The number of halogens is 1. The third-order valence-corrected chi connectivity index (χ3v) is 5.37. The molecular formula is C14H19ClN2O2S. The Morgan fingerprint density at radius 3 is 2.65 bits per heavy atom. The standard InChI is InChI=1S/C14H19ClN2O2S/c1-11(2)16-17(13-7-8-20(18,19)10-13)9-12-5-3-4-6-14(12)15/h3-6,13H,7-10H2,1-2H3/t13-/m0/s1. The monoisotopic (exact) mass is 314 g/mol. The zero-order valence-corrected chi connectivity index (χ0v) is 13.3. The van der Waals surface area contributed by atoms with E-state index < -0.39 is 9.84 Å². The minimum atomic E-state index is -2.92. The third-order valence-electron chi connectivity index (χ3n) is 3.25. The van der Waals surface area contributed by atoms with Crippen molar-refractivity contribution in [3.05, 3.63) is 34.9 Å². The summed E-state index contributed by atoms with van der Waals surface area (Å²) < 4.78 is 23.3. The molecule has 1 aromatic carbocycles. The van der Waals surface area contributed by atoms with Crippen LogP contribution in [-0.4, -0.2) is 36.7 Å². The van der Waals surface area contributed by atoms with Crippen molar-refractivity contribution in [3.8, 4) is 0 Å². The minimum Gasteiger partial charge on any atom is -0.289 e.